The summed E-state index contributed by atoms with van der Waals surface area (Å²) < 4.78 is 0. The van der Waals surface area contributed by atoms with Gasteiger partial charge in [0.15, 0.2) is 0 Å². The number of hydrogen-bond acceptors (Lipinski definition) is 2. The molecule has 0 fully saturated rings. The first-order valence-corrected chi connectivity index (χ1v) is 7.12. The van der Waals surface area contributed by atoms with Gasteiger partial charge in [0, 0.05) is 17.2 Å². The highest BCUT2D eigenvalue weighted by Gasteiger charge is 2.04. The molecule has 3 heteroatoms. The maximum atomic E-state index is 11.9. The summed E-state index contributed by atoms with van der Waals surface area (Å²) in [6.45, 7) is 2.20. The Morgan fingerprint density at radius 3 is 2.30 bits per heavy atom. The van der Waals surface area contributed by atoms with E-state index in [1.807, 2.05) is 54.6 Å². The van der Waals surface area contributed by atoms with Gasteiger partial charge in [-0.1, -0.05) is 55.0 Å². The highest BCUT2D eigenvalue weighted by atomic mass is 16.5. The molecule has 3 nitrogen and oxygen atoms in total. The van der Waals surface area contributed by atoms with Gasteiger partial charge in [-0.3, -0.25) is 0 Å². The zero-order valence-corrected chi connectivity index (χ0v) is 11.8. The zero-order valence-electron chi connectivity index (χ0n) is 11.8. The third-order valence-electron chi connectivity index (χ3n) is 3.19. The minimum atomic E-state index is 0.563. The Labute approximate surface area is 120 Å². The van der Waals surface area contributed by atoms with Crippen LogP contribution in [0.2, 0.25) is 0 Å². The van der Waals surface area contributed by atoms with E-state index in [-0.39, 0.29) is 0 Å². The molecule has 20 heavy (non-hydrogen) atoms. The second-order valence-corrected chi connectivity index (χ2v) is 4.83. The van der Waals surface area contributed by atoms with E-state index >= 15 is 0 Å². The standard InChI is InChI=1S/C17H20N2O/c1-2-3-5-8-15-11-13-17(14-12-15)19(20)18-16-9-6-4-7-10-16/h4,6-7,9-14H,2-3,5,8H2,1H3. The summed E-state index contributed by atoms with van der Waals surface area (Å²) in [5.74, 6) is 0. The lowest BCUT2D eigenvalue weighted by Crippen LogP contribution is -1.91. The van der Waals surface area contributed by atoms with Crippen LogP contribution in [0.1, 0.15) is 31.7 Å². The van der Waals surface area contributed by atoms with Crippen LogP contribution < -0.4 is 0 Å². The lowest BCUT2D eigenvalue weighted by Gasteiger charge is -2.02. The molecule has 0 radical (unpaired) electrons. The molecule has 0 atom stereocenters. The van der Waals surface area contributed by atoms with Gasteiger partial charge in [-0.25, -0.2) is 0 Å². The van der Waals surface area contributed by atoms with Crippen molar-refractivity contribution < 1.29 is 4.86 Å². The van der Waals surface area contributed by atoms with E-state index in [4.69, 9.17) is 0 Å². The molecule has 2 aromatic rings. The fourth-order valence-electron chi connectivity index (χ4n) is 2.03. The van der Waals surface area contributed by atoms with Crippen molar-refractivity contribution in [2.45, 2.75) is 32.6 Å². The normalized spacial score (nSPS) is 11.6. The minimum Gasteiger partial charge on any atom is -0.594 e. The van der Waals surface area contributed by atoms with Crippen LogP contribution in [0.25, 0.3) is 0 Å². The van der Waals surface area contributed by atoms with Crippen LogP contribution in [-0.2, 0) is 6.42 Å². The van der Waals surface area contributed by atoms with Crippen LogP contribution in [-0.4, -0.2) is 4.86 Å². The average molecular weight is 268 g/mol. The fraction of sp³-hybridized carbons (Fsp3) is 0.294. The topological polar surface area (TPSA) is 38.4 Å². The van der Waals surface area contributed by atoms with E-state index in [9.17, 15) is 5.21 Å². The van der Waals surface area contributed by atoms with Gasteiger partial charge in [-0.15, -0.1) is 0 Å². The van der Waals surface area contributed by atoms with E-state index in [1.54, 1.807) is 0 Å². The first kappa shape index (κ1) is 14.3. The zero-order chi connectivity index (χ0) is 14.2. The lowest BCUT2D eigenvalue weighted by atomic mass is 10.1. The molecular weight excluding hydrogens is 248 g/mol. The summed E-state index contributed by atoms with van der Waals surface area (Å²) in [6.07, 6.45) is 4.75. The number of rotatable bonds is 6. The van der Waals surface area contributed by atoms with Crippen molar-refractivity contribution in [3.05, 3.63) is 65.4 Å². The Morgan fingerprint density at radius 1 is 0.950 bits per heavy atom. The number of hydrogen-bond donors (Lipinski definition) is 0. The molecule has 104 valence electrons. The minimum absolute atomic E-state index is 0.563. The quantitative estimate of drug-likeness (QED) is 0.301. The Morgan fingerprint density at radius 2 is 1.65 bits per heavy atom. The van der Waals surface area contributed by atoms with Gasteiger partial charge in [0.1, 0.15) is 5.69 Å². The van der Waals surface area contributed by atoms with Gasteiger partial charge < -0.3 is 5.21 Å². The molecule has 0 N–H and O–H groups in total. The van der Waals surface area contributed by atoms with Crippen molar-refractivity contribution in [1.82, 2.24) is 0 Å². The third-order valence-corrected chi connectivity index (χ3v) is 3.19. The molecule has 0 aliphatic carbocycles. The largest absolute Gasteiger partial charge is 0.594 e. The molecule has 0 heterocycles. The Balaban J connectivity index is 2.04. The van der Waals surface area contributed by atoms with Crippen LogP contribution >= 0.6 is 0 Å². The summed E-state index contributed by atoms with van der Waals surface area (Å²) in [6, 6.07) is 16.9. The molecular formula is C17H20N2O. The molecule has 0 aliphatic heterocycles. The highest BCUT2D eigenvalue weighted by Crippen LogP contribution is 2.18. The number of azo groups is 1. The average Bonchev–Trinajstić information content (AvgIpc) is 2.49. The molecule has 0 saturated heterocycles. The number of aryl methyl sites for hydroxylation is 1. The molecule has 0 spiro atoms. The van der Waals surface area contributed by atoms with Crippen LogP contribution in [0.15, 0.2) is 59.7 Å². The summed E-state index contributed by atoms with van der Waals surface area (Å²) in [7, 11) is 0. The molecule has 0 bridgehead atoms. The van der Waals surface area contributed by atoms with Gasteiger partial charge in [0.05, 0.1) is 0 Å². The third kappa shape index (κ3) is 4.19. The maximum absolute atomic E-state index is 11.9. The Bertz CT molecular complexity index is 547. The molecule has 0 saturated carbocycles. The maximum Gasteiger partial charge on any atom is 0.244 e. The molecule has 0 amide bonds. The van der Waals surface area contributed by atoms with E-state index in [0.717, 1.165) is 6.42 Å². The van der Waals surface area contributed by atoms with Crippen LogP contribution in [0.4, 0.5) is 11.4 Å². The lowest BCUT2D eigenvalue weighted by molar-refractivity contribution is -0.435. The summed E-state index contributed by atoms with van der Waals surface area (Å²) in [5.41, 5.74) is 2.50. The molecule has 0 unspecified atom stereocenters. The van der Waals surface area contributed by atoms with Crippen LogP contribution in [0.5, 0.6) is 0 Å². The van der Waals surface area contributed by atoms with Crippen molar-refractivity contribution in [2.24, 2.45) is 5.11 Å². The van der Waals surface area contributed by atoms with E-state index in [1.165, 1.54) is 24.8 Å². The van der Waals surface area contributed by atoms with Crippen molar-refractivity contribution in [3.8, 4) is 0 Å². The van der Waals surface area contributed by atoms with Gasteiger partial charge in [0.2, 0.25) is 5.69 Å². The second-order valence-electron chi connectivity index (χ2n) is 4.83. The first-order valence-electron chi connectivity index (χ1n) is 7.12. The smallest absolute Gasteiger partial charge is 0.244 e. The fourth-order valence-corrected chi connectivity index (χ4v) is 2.03. The molecule has 0 aromatic heterocycles. The molecule has 2 rings (SSSR count). The molecule has 0 aliphatic rings. The Hall–Kier alpha value is -2.16. The number of unbranched alkanes of at least 4 members (excludes halogenated alkanes) is 2. The van der Waals surface area contributed by atoms with Crippen LogP contribution in [0.3, 0.4) is 0 Å². The summed E-state index contributed by atoms with van der Waals surface area (Å²) in [5, 5.41) is 15.9. The number of nitrogens with zero attached hydrogens (tertiary/aromatic N) is 2. The van der Waals surface area contributed by atoms with E-state index in [0.29, 0.717) is 16.2 Å². The van der Waals surface area contributed by atoms with E-state index in [2.05, 4.69) is 12.0 Å². The molecule has 2 aromatic carbocycles. The predicted octanol–water partition coefficient (Wildman–Crippen LogP) is 5.35. The van der Waals surface area contributed by atoms with Crippen molar-refractivity contribution >= 4 is 11.4 Å². The Kier molecular flexibility index (Phi) is 5.30. The summed E-state index contributed by atoms with van der Waals surface area (Å²) >= 11 is 0. The van der Waals surface area contributed by atoms with Crippen molar-refractivity contribution in [3.63, 3.8) is 0 Å². The SMILES string of the molecule is CCCCCc1ccc([N+]([O-])=Nc2ccccc2)cc1. The summed E-state index contributed by atoms with van der Waals surface area (Å²) in [4.78, 5) is 0.672. The second kappa shape index (κ2) is 7.43. The monoisotopic (exact) mass is 268 g/mol. The van der Waals surface area contributed by atoms with Gasteiger partial charge in [0.25, 0.3) is 0 Å². The predicted molar refractivity (Wildman–Crippen MR) is 81.5 cm³/mol. The van der Waals surface area contributed by atoms with Crippen LogP contribution in [0, 0.1) is 5.21 Å². The first-order chi connectivity index (χ1) is 9.79. The van der Waals surface area contributed by atoms with Gasteiger partial charge in [-0.2, -0.15) is 0 Å². The highest BCUT2D eigenvalue weighted by molar-refractivity contribution is 5.36. The van der Waals surface area contributed by atoms with Crippen molar-refractivity contribution in [2.75, 3.05) is 0 Å². The van der Waals surface area contributed by atoms with Crippen molar-refractivity contribution in [1.29, 1.82) is 0 Å². The number of benzene rings is 2. The van der Waals surface area contributed by atoms with Gasteiger partial charge >= 0.3 is 0 Å². The van der Waals surface area contributed by atoms with Gasteiger partial charge in [-0.05, 0) is 30.5 Å². The van der Waals surface area contributed by atoms with E-state index < -0.39 is 0 Å².